The molecule has 0 bridgehead atoms. The van der Waals surface area contributed by atoms with E-state index in [4.69, 9.17) is 5.11 Å². The summed E-state index contributed by atoms with van der Waals surface area (Å²) in [7, 11) is 0. The van der Waals surface area contributed by atoms with Crippen molar-refractivity contribution >= 4 is 29.1 Å². The van der Waals surface area contributed by atoms with Crippen molar-refractivity contribution < 1.29 is 9.90 Å². The van der Waals surface area contributed by atoms with Gasteiger partial charge in [0.15, 0.2) is 0 Å². The molecule has 0 saturated carbocycles. The standard InChI is InChI=1S/C10H14O2S2/c1-3-7(2)5-13-8-4-9(10(11)12)14-6-8/h4,6-7H,3,5H2,1-2H3,(H,11,12). The molecule has 2 nitrogen and oxygen atoms in total. The Morgan fingerprint density at radius 1 is 1.71 bits per heavy atom. The molecule has 0 spiro atoms. The smallest absolute Gasteiger partial charge is 0.345 e. The molecule has 0 aliphatic carbocycles. The first-order valence-electron chi connectivity index (χ1n) is 4.58. The van der Waals surface area contributed by atoms with Crippen LogP contribution in [0.5, 0.6) is 0 Å². The highest BCUT2D eigenvalue weighted by Crippen LogP contribution is 2.26. The molecular formula is C10H14O2S2. The zero-order valence-electron chi connectivity index (χ0n) is 8.32. The maximum Gasteiger partial charge on any atom is 0.345 e. The van der Waals surface area contributed by atoms with E-state index in [1.54, 1.807) is 17.8 Å². The molecule has 0 aliphatic rings. The molecule has 4 heteroatoms. The summed E-state index contributed by atoms with van der Waals surface area (Å²) in [5.41, 5.74) is 0. The number of hydrogen-bond donors (Lipinski definition) is 1. The first-order valence-corrected chi connectivity index (χ1v) is 6.44. The quantitative estimate of drug-likeness (QED) is 0.785. The Morgan fingerprint density at radius 3 is 2.93 bits per heavy atom. The third kappa shape index (κ3) is 3.35. The molecule has 1 aromatic rings. The molecule has 1 atom stereocenters. The van der Waals surface area contributed by atoms with Crippen LogP contribution in [-0.2, 0) is 0 Å². The van der Waals surface area contributed by atoms with Gasteiger partial charge in [0, 0.05) is 16.0 Å². The molecule has 0 fully saturated rings. The average molecular weight is 230 g/mol. The number of carbonyl (C=O) groups is 1. The van der Waals surface area contributed by atoms with Crippen molar-refractivity contribution in [2.45, 2.75) is 25.2 Å². The maximum atomic E-state index is 10.6. The van der Waals surface area contributed by atoms with Gasteiger partial charge >= 0.3 is 5.97 Å². The molecule has 0 saturated heterocycles. The topological polar surface area (TPSA) is 37.3 Å². The molecule has 1 heterocycles. The van der Waals surface area contributed by atoms with Gasteiger partial charge in [0.2, 0.25) is 0 Å². The van der Waals surface area contributed by atoms with Crippen LogP contribution in [0.2, 0.25) is 0 Å². The van der Waals surface area contributed by atoms with Gasteiger partial charge in [-0.2, -0.15) is 0 Å². The van der Waals surface area contributed by atoms with Gasteiger partial charge in [-0.25, -0.2) is 4.79 Å². The van der Waals surface area contributed by atoms with Crippen LogP contribution in [-0.4, -0.2) is 16.8 Å². The van der Waals surface area contributed by atoms with Crippen molar-refractivity contribution in [3.63, 3.8) is 0 Å². The molecule has 1 unspecified atom stereocenters. The Morgan fingerprint density at radius 2 is 2.43 bits per heavy atom. The number of thiophene rings is 1. The number of hydrogen-bond acceptors (Lipinski definition) is 3. The van der Waals surface area contributed by atoms with Gasteiger partial charge < -0.3 is 5.11 Å². The fraction of sp³-hybridized carbons (Fsp3) is 0.500. The molecular weight excluding hydrogens is 216 g/mol. The Kier molecular flexibility index (Phi) is 4.48. The summed E-state index contributed by atoms with van der Waals surface area (Å²) < 4.78 is 0. The lowest BCUT2D eigenvalue weighted by Crippen LogP contribution is -1.94. The van der Waals surface area contributed by atoms with Crippen LogP contribution in [0, 0.1) is 5.92 Å². The molecule has 78 valence electrons. The van der Waals surface area contributed by atoms with Gasteiger partial charge in [0.1, 0.15) is 4.88 Å². The first kappa shape index (κ1) is 11.6. The van der Waals surface area contributed by atoms with Crippen molar-refractivity contribution in [3.05, 3.63) is 16.3 Å². The normalized spacial score (nSPS) is 12.7. The predicted octanol–water partition coefficient (Wildman–Crippen LogP) is 3.58. The Bertz CT molecular complexity index is 307. The minimum absolute atomic E-state index is 0.427. The zero-order valence-corrected chi connectivity index (χ0v) is 9.95. The van der Waals surface area contributed by atoms with E-state index in [9.17, 15) is 4.79 Å². The molecule has 0 aromatic carbocycles. The lowest BCUT2D eigenvalue weighted by Gasteiger charge is -2.05. The molecule has 0 amide bonds. The summed E-state index contributed by atoms with van der Waals surface area (Å²) in [5.74, 6) is 0.922. The minimum atomic E-state index is -0.828. The Labute approximate surface area is 92.3 Å². The average Bonchev–Trinajstić information content (AvgIpc) is 2.62. The first-order chi connectivity index (χ1) is 6.63. The zero-order chi connectivity index (χ0) is 10.6. The second-order valence-electron chi connectivity index (χ2n) is 3.28. The number of carboxylic acids is 1. The fourth-order valence-electron chi connectivity index (χ4n) is 0.863. The van der Waals surface area contributed by atoms with Crippen LogP contribution in [0.15, 0.2) is 16.3 Å². The number of aromatic carboxylic acids is 1. The maximum absolute atomic E-state index is 10.6. The molecule has 0 aliphatic heterocycles. The number of thioether (sulfide) groups is 1. The van der Waals surface area contributed by atoms with Crippen molar-refractivity contribution in [1.29, 1.82) is 0 Å². The van der Waals surface area contributed by atoms with Gasteiger partial charge in [-0.3, -0.25) is 0 Å². The Hall–Kier alpha value is -0.480. The predicted molar refractivity (Wildman–Crippen MR) is 61.5 cm³/mol. The highest BCUT2D eigenvalue weighted by atomic mass is 32.2. The molecule has 1 rings (SSSR count). The van der Waals surface area contributed by atoms with Crippen LogP contribution in [0.25, 0.3) is 0 Å². The second-order valence-corrected chi connectivity index (χ2v) is 5.28. The Balaban J connectivity index is 2.48. The summed E-state index contributed by atoms with van der Waals surface area (Å²) in [6.45, 7) is 4.37. The van der Waals surface area contributed by atoms with Gasteiger partial charge in [-0.05, 0) is 12.0 Å². The summed E-state index contributed by atoms with van der Waals surface area (Å²) in [5, 5.41) is 10.6. The van der Waals surface area contributed by atoms with E-state index in [-0.39, 0.29) is 0 Å². The van der Waals surface area contributed by atoms with Crippen molar-refractivity contribution in [3.8, 4) is 0 Å². The van der Waals surface area contributed by atoms with Crippen LogP contribution < -0.4 is 0 Å². The third-order valence-electron chi connectivity index (χ3n) is 2.02. The van der Waals surface area contributed by atoms with Crippen LogP contribution in [0.3, 0.4) is 0 Å². The SMILES string of the molecule is CCC(C)CSc1csc(C(=O)O)c1. The highest BCUT2D eigenvalue weighted by molar-refractivity contribution is 7.99. The number of carboxylic acid groups (broad SMARTS) is 1. The van der Waals surface area contributed by atoms with E-state index in [2.05, 4.69) is 13.8 Å². The van der Waals surface area contributed by atoms with Crippen LogP contribution >= 0.6 is 23.1 Å². The molecule has 1 N–H and O–H groups in total. The summed E-state index contributed by atoms with van der Waals surface area (Å²) in [4.78, 5) is 12.1. The van der Waals surface area contributed by atoms with E-state index in [0.717, 1.165) is 10.6 Å². The van der Waals surface area contributed by atoms with Gasteiger partial charge in [0.05, 0.1) is 0 Å². The van der Waals surface area contributed by atoms with E-state index in [0.29, 0.717) is 10.8 Å². The van der Waals surface area contributed by atoms with Crippen molar-refractivity contribution in [1.82, 2.24) is 0 Å². The summed E-state index contributed by atoms with van der Waals surface area (Å²) in [6.07, 6.45) is 1.17. The van der Waals surface area contributed by atoms with Crippen LogP contribution in [0.1, 0.15) is 29.9 Å². The molecule has 1 aromatic heterocycles. The van der Waals surface area contributed by atoms with Gasteiger partial charge in [-0.1, -0.05) is 20.3 Å². The second kappa shape index (κ2) is 5.41. The van der Waals surface area contributed by atoms with Crippen molar-refractivity contribution in [2.75, 3.05) is 5.75 Å². The van der Waals surface area contributed by atoms with Crippen molar-refractivity contribution in [2.24, 2.45) is 5.92 Å². The monoisotopic (exact) mass is 230 g/mol. The van der Waals surface area contributed by atoms with Gasteiger partial charge in [-0.15, -0.1) is 23.1 Å². The third-order valence-corrected chi connectivity index (χ3v) is 4.39. The summed E-state index contributed by atoms with van der Waals surface area (Å²) in [6, 6.07) is 1.75. The van der Waals surface area contributed by atoms with E-state index in [1.807, 2.05) is 5.38 Å². The largest absolute Gasteiger partial charge is 0.477 e. The lowest BCUT2D eigenvalue weighted by molar-refractivity contribution is 0.0702. The fourth-order valence-corrected chi connectivity index (χ4v) is 2.87. The molecule has 14 heavy (non-hydrogen) atoms. The van der Waals surface area contributed by atoms with E-state index in [1.165, 1.54) is 17.8 Å². The molecule has 0 radical (unpaired) electrons. The highest BCUT2D eigenvalue weighted by Gasteiger charge is 2.07. The number of rotatable bonds is 5. The lowest BCUT2D eigenvalue weighted by atomic mass is 10.2. The van der Waals surface area contributed by atoms with Gasteiger partial charge in [0.25, 0.3) is 0 Å². The van der Waals surface area contributed by atoms with Crippen LogP contribution in [0.4, 0.5) is 0 Å². The van der Waals surface area contributed by atoms with E-state index < -0.39 is 5.97 Å². The minimum Gasteiger partial charge on any atom is -0.477 e. The summed E-state index contributed by atoms with van der Waals surface area (Å²) >= 11 is 3.03. The van der Waals surface area contributed by atoms with E-state index >= 15 is 0 Å².